The van der Waals surface area contributed by atoms with Crippen LogP contribution >= 0.6 is 0 Å². The standard InChI is InChI=1S/C20H22N2O4/c1-12-15(16-9-13(24-2)5-7-17(16)21-12)11-20(23)22-18-10-14(25-3)6-8-19(18)26-4/h5-10,21H,11H2,1-4H3,(H,22,23). The van der Waals surface area contributed by atoms with Crippen LogP contribution in [0.2, 0.25) is 0 Å². The van der Waals surface area contributed by atoms with Crippen molar-refractivity contribution in [1.82, 2.24) is 4.98 Å². The van der Waals surface area contributed by atoms with Gasteiger partial charge < -0.3 is 24.5 Å². The Balaban J connectivity index is 1.87. The van der Waals surface area contributed by atoms with Gasteiger partial charge >= 0.3 is 0 Å². The van der Waals surface area contributed by atoms with E-state index in [0.29, 0.717) is 17.2 Å². The lowest BCUT2D eigenvalue weighted by molar-refractivity contribution is -0.115. The number of aromatic nitrogens is 1. The zero-order valence-corrected chi connectivity index (χ0v) is 15.3. The normalized spacial score (nSPS) is 10.6. The number of aryl methyl sites for hydroxylation is 1. The van der Waals surface area contributed by atoms with Gasteiger partial charge in [0.2, 0.25) is 5.91 Å². The van der Waals surface area contributed by atoms with Crippen LogP contribution in [0, 0.1) is 6.92 Å². The minimum Gasteiger partial charge on any atom is -0.497 e. The van der Waals surface area contributed by atoms with E-state index in [1.165, 1.54) is 0 Å². The van der Waals surface area contributed by atoms with Crippen molar-refractivity contribution in [3.8, 4) is 17.2 Å². The molecule has 0 saturated heterocycles. The molecule has 1 amide bonds. The van der Waals surface area contributed by atoms with E-state index in [0.717, 1.165) is 27.9 Å². The summed E-state index contributed by atoms with van der Waals surface area (Å²) >= 11 is 0. The highest BCUT2D eigenvalue weighted by Gasteiger charge is 2.15. The average molecular weight is 354 g/mol. The number of ether oxygens (including phenoxy) is 3. The molecule has 6 nitrogen and oxygen atoms in total. The smallest absolute Gasteiger partial charge is 0.228 e. The third-order valence-corrected chi connectivity index (χ3v) is 4.34. The van der Waals surface area contributed by atoms with Crippen LogP contribution in [0.25, 0.3) is 10.9 Å². The number of benzene rings is 2. The largest absolute Gasteiger partial charge is 0.497 e. The summed E-state index contributed by atoms with van der Waals surface area (Å²) in [6, 6.07) is 11.1. The van der Waals surface area contributed by atoms with E-state index in [1.807, 2.05) is 25.1 Å². The van der Waals surface area contributed by atoms with Gasteiger partial charge in [-0.25, -0.2) is 0 Å². The quantitative estimate of drug-likeness (QED) is 0.708. The summed E-state index contributed by atoms with van der Waals surface area (Å²) in [6.45, 7) is 1.96. The Labute approximate surface area is 152 Å². The van der Waals surface area contributed by atoms with Gasteiger partial charge in [0.25, 0.3) is 0 Å². The first-order valence-electron chi connectivity index (χ1n) is 8.22. The van der Waals surface area contributed by atoms with Crippen LogP contribution < -0.4 is 19.5 Å². The van der Waals surface area contributed by atoms with Crippen molar-refractivity contribution in [2.75, 3.05) is 26.6 Å². The highest BCUT2D eigenvalue weighted by molar-refractivity contribution is 5.97. The Morgan fingerprint density at radius 1 is 1.00 bits per heavy atom. The average Bonchev–Trinajstić information content (AvgIpc) is 2.96. The number of amides is 1. The number of hydrogen-bond donors (Lipinski definition) is 2. The number of carbonyl (C=O) groups is 1. The fraction of sp³-hybridized carbons (Fsp3) is 0.250. The van der Waals surface area contributed by atoms with Crippen molar-refractivity contribution in [2.45, 2.75) is 13.3 Å². The molecule has 2 aromatic carbocycles. The first kappa shape index (κ1) is 17.7. The molecule has 0 atom stereocenters. The maximum Gasteiger partial charge on any atom is 0.228 e. The van der Waals surface area contributed by atoms with Crippen LogP contribution in [-0.4, -0.2) is 32.2 Å². The molecule has 0 bridgehead atoms. The molecule has 0 unspecified atom stereocenters. The van der Waals surface area contributed by atoms with Crippen molar-refractivity contribution in [1.29, 1.82) is 0 Å². The van der Waals surface area contributed by atoms with E-state index in [4.69, 9.17) is 14.2 Å². The third kappa shape index (κ3) is 3.44. The Kier molecular flexibility index (Phi) is 5.02. The zero-order valence-electron chi connectivity index (χ0n) is 15.3. The number of aromatic amines is 1. The van der Waals surface area contributed by atoms with Crippen molar-refractivity contribution >= 4 is 22.5 Å². The molecule has 2 N–H and O–H groups in total. The van der Waals surface area contributed by atoms with Crippen LogP contribution in [0.3, 0.4) is 0 Å². The van der Waals surface area contributed by atoms with Crippen molar-refractivity contribution in [3.63, 3.8) is 0 Å². The predicted molar refractivity (Wildman–Crippen MR) is 101 cm³/mol. The highest BCUT2D eigenvalue weighted by atomic mass is 16.5. The molecule has 0 saturated carbocycles. The topological polar surface area (TPSA) is 72.6 Å². The van der Waals surface area contributed by atoms with E-state index in [1.54, 1.807) is 39.5 Å². The van der Waals surface area contributed by atoms with Crippen molar-refractivity contribution in [2.24, 2.45) is 0 Å². The molecule has 3 aromatic rings. The Hall–Kier alpha value is -3.15. The summed E-state index contributed by atoms with van der Waals surface area (Å²) in [5.74, 6) is 1.85. The van der Waals surface area contributed by atoms with E-state index in [-0.39, 0.29) is 12.3 Å². The Morgan fingerprint density at radius 3 is 2.38 bits per heavy atom. The number of rotatable bonds is 6. The molecule has 0 radical (unpaired) electrons. The van der Waals surface area contributed by atoms with Gasteiger partial charge in [0, 0.05) is 22.7 Å². The zero-order chi connectivity index (χ0) is 18.7. The summed E-state index contributed by atoms with van der Waals surface area (Å²) in [5.41, 5.74) is 3.45. The van der Waals surface area contributed by atoms with Crippen LogP contribution in [0.5, 0.6) is 17.2 Å². The molecule has 0 aliphatic rings. The van der Waals surface area contributed by atoms with Gasteiger partial charge in [-0.15, -0.1) is 0 Å². The maximum atomic E-state index is 12.6. The summed E-state index contributed by atoms with van der Waals surface area (Å²) < 4.78 is 15.8. The molecule has 1 heterocycles. The Morgan fingerprint density at radius 2 is 1.69 bits per heavy atom. The second-order valence-electron chi connectivity index (χ2n) is 5.93. The molecule has 1 aromatic heterocycles. The van der Waals surface area contributed by atoms with E-state index < -0.39 is 0 Å². The number of methoxy groups -OCH3 is 3. The van der Waals surface area contributed by atoms with E-state index in [9.17, 15) is 4.79 Å². The van der Waals surface area contributed by atoms with Gasteiger partial charge in [0.15, 0.2) is 0 Å². The minimum absolute atomic E-state index is 0.136. The van der Waals surface area contributed by atoms with Gasteiger partial charge in [-0.1, -0.05) is 0 Å². The fourth-order valence-corrected chi connectivity index (χ4v) is 2.98. The number of hydrogen-bond acceptors (Lipinski definition) is 4. The van der Waals surface area contributed by atoms with Crippen molar-refractivity contribution < 1.29 is 19.0 Å². The monoisotopic (exact) mass is 354 g/mol. The molecule has 6 heteroatoms. The Bertz CT molecular complexity index is 946. The number of anilines is 1. The van der Waals surface area contributed by atoms with Gasteiger partial charge in [-0.05, 0) is 42.8 Å². The van der Waals surface area contributed by atoms with Crippen LogP contribution in [0.1, 0.15) is 11.3 Å². The third-order valence-electron chi connectivity index (χ3n) is 4.34. The lowest BCUT2D eigenvalue weighted by atomic mass is 10.1. The number of H-pyrrole nitrogens is 1. The molecule has 0 fully saturated rings. The van der Waals surface area contributed by atoms with Gasteiger partial charge in [-0.2, -0.15) is 0 Å². The van der Waals surface area contributed by atoms with E-state index >= 15 is 0 Å². The number of carbonyl (C=O) groups excluding carboxylic acids is 1. The highest BCUT2D eigenvalue weighted by Crippen LogP contribution is 2.30. The number of fused-ring (bicyclic) bond motifs is 1. The molecule has 26 heavy (non-hydrogen) atoms. The molecule has 3 rings (SSSR count). The molecule has 0 aliphatic carbocycles. The minimum atomic E-state index is -0.136. The maximum absolute atomic E-state index is 12.6. The van der Waals surface area contributed by atoms with E-state index in [2.05, 4.69) is 10.3 Å². The lowest BCUT2D eigenvalue weighted by Crippen LogP contribution is -2.15. The van der Waals surface area contributed by atoms with Crippen molar-refractivity contribution in [3.05, 3.63) is 47.7 Å². The SMILES string of the molecule is COc1ccc(OC)c(NC(=O)Cc2c(C)[nH]c3ccc(OC)cc23)c1. The van der Waals surface area contributed by atoms with Crippen LogP contribution in [-0.2, 0) is 11.2 Å². The summed E-state index contributed by atoms with van der Waals surface area (Å²) in [7, 11) is 4.77. The summed E-state index contributed by atoms with van der Waals surface area (Å²) in [5, 5.41) is 3.89. The lowest BCUT2D eigenvalue weighted by Gasteiger charge is -2.12. The second kappa shape index (κ2) is 7.39. The fourth-order valence-electron chi connectivity index (χ4n) is 2.98. The molecule has 0 aliphatic heterocycles. The van der Waals surface area contributed by atoms with Crippen LogP contribution in [0.15, 0.2) is 36.4 Å². The first-order valence-corrected chi connectivity index (χ1v) is 8.22. The first-order chi connectivity index (χ1) is 12.5. The van der Waals surface area contributed by atoms with Crippen LogP contribution in [0.4, 0.5) is 5.69 Å². The van der Waals surface area contributed by atoms with Gasteiger partial charge in [0.1, 0.15) is 17.2 Å². The molecule has 0 spiro atoms. The summed E-state index contributed by atoms with van der Waals surface area (Å²) in [6.07, 6.45) is 0.235. The summed E-state index contributed by atoms with van der Waals surface area (Å²) in [4.78, 5) is 16.0. The predicted octanol–water partition coefficient (Wildman–Crippen LogP) is 3.68. The second-order valence-corrected chi connectivity index (χ2v) is 5.93. The van der Waals surface area contributed by atoms with Gasteiger partial charge in [-0.3, -0.25) is 4.79 Å². The molecular formula is C20H22N2O4. The number of nitrogens with one attached hydrogen (secondary N) is 2. The van der Waals surface area contributed by atoms with Gasteiger partial charge in [0.05, 0.1) is 33.4 Å². The molecule has 136 valence electrons. The molecular weight excluding hydrogens is 332 g/mol.